The molecule has 1 aromatic heterocycles. The van der Waals surface area contributed by atoms with Crippen LogP contribution in [0.3, 0.4) is 0 Å². The summed E-state index contributed by atoms with van der Waals surface area (Å²) in [5.74, 6) is -0.162. The molecule has 0 atom stereocenters. The fraction of sp³-hybridized carbons (Fsp3) is 0.333. The maximum Gasteiger partial charge on any atom is 0.504 e. The van der Waals surface area contributed by atoms with Crippen LogP contribution in [-0.4, -0.2) is 15.7 Å². The van der Waals surface area contributed by atoms with Gasteiger partial charge in [-0.2, -0.15) is 9.78 Å². The van der Waals surface area contributed by atoms with Gasteiger partial charge < -0.3 is 5.32 Å². The van der Waals surface area contributed by atoms with Gasteiger partial charge in [-0.3, -0.25) is 4.79 Å². The van der Waals surface area contributed by atoms with Gasteiger partial charge in [0, 0.05) is 23.7 Å². The van der Waals surface area contributed by atoms with E-state index in [1.807, 2.05) is 6.92 Å². The molecule has 0 spiro atoms. The molecule has 102 valence electrons. The fourth-order valence-corrected chi connectivity index (χ4v) is 1.68. The van der Waals surface area contributed by atoms with E-state index in [0.29, 0.717) is 23.9 Å². The maximum absolute atomic E-state index is 12.5. The van der Waals surface area contributed by atoms with Crippen LogP contribution >= 0.6 is 0 Å². The van der Waals surface area contributed by atoms with E-state index in [4.69, 9.17) is 0 Å². The number of anilines is 1. The Kier molecular flexibility index (Phi) is 3.46. The normalized spacial score (nSPS) is 11.8. The van der Waals surface area contributed by atoms with Gasteiger partial charge in [-0.1, -0.05) is 6.92 Å². The molecule has 0 aliphatic heterocycles. The molecule has 0 radical (unpaired) electrons. The molecule has 0 fully saturated rings. The van der Waals surface area contributed by atoms with Gasteiger partial charge in [0.2, 0.25) is 5.91 Å². The zero-order chi connectivity index (χ0) is 14.0. The van der Waals surface area contributed by atoms with E-state index in [-0.39, 0.29) is 16.1 Å². The molecule has 1 aromatic carbocycles. The Labute approximate surface area is 107 Å². The van der Waals surface area contributed by atoms with Crippen LogP contribution < -0.4 is 5.32 Å². The van der Waals surface area contributed by atoms with Crippen molar-refractivity contribution in [3.63, 3.8) is 0 Å². The lowest BCUT2D eigenvalue weighted by Crippen LogP contribution is -2.16. The summed E-state index contributed by atoms with van der Waals surface area (Å²) in [6.45, 7) is 1.87. The number of carbonyl (C=O) groups is 1. The zero-order valence-corrected chi connectivity index (χ0v) is 10.2. The smallest absolute Gasteiger partial charge is 0.326 e. The van der Waals surface area contributed by atoms with Crippen LogP contribution in [0.25, 0.3) is 10.9 Å². The first-order valence-corrected chi connectivity index (χ1v) is 5.76. The average Bonchev–Trinajstić information content (AvgIpc) is 2.71. The molecule has 2 aromatic rings. The number of fused-ring (bicyclic) bond motifs is 1. The quantitative estimate of drug-likeness (QED) is 0.931. The lowest BCUT2D eigenvalue weighted by atomic mass is 10.2. The number of halogens is 3. The van der Waals surface area contributed by atoms with Gasteiger partial charge in [-0.05, 0) is 24.6 Å². The number of amides is 1. The van der Waals surface area contributed by atoms with Gasteiger partial charge in [0.25, 0.3) is 0 Å². The molecule has 1 amide bonds. The molecule has 1 heterocycles. The third kappa shape index (κ3) is 3.04. The second kappa shape index (κ2) is 4.91. The van der Waals surface area contributed by atoms with Crippen molar-refractivity contribution >= 4 is 22.5 Å². The highest BCUT2D eigenvalue weighted by Gasteiger charge is 2.31. The van der Waals surface area contributed by atoms with Crippen molar-refractivity contribution in [1.82, 2.24) is 9.78 Å². The Balaban J connectivity index is 2.28. The Morgan fingerprint density at radius 3 is 2.79 bits per heavy atom. The number of hydrogen-bond donors (Lipinski definition) is 1. The van der Waals surface area contributed by atoms with Gasteiger partial charge in [0.1, 0.15) is 0 Å². The number of aromatic nitrogens is 2. The molecular weight excluding hydrogens is 259 g/mol. The topological polar surface area (TPSA) is 46.9 Å². The van der Waals surface area contributed by atoms with Crippen LogP contribution in [0.4, 0.5) is 18.9 Å². The second-order valence-corrected chi connectivity index (χ2v) is 4.11. The van der Waals surface area contributed by atoms with Crippen LogP contribution in [0, 0.1) is 0 Å². The second-order valence-electron chi connectivity index (χ2n) is 4.11. The molecule has 0 aliphatic rings. The minimum absolute atomic E-state index is 0.0463. The summed E-state index contributed by atoms with van der Waals surface area (Å²) < 4.78 is 37.4. The summed E-state index contributed by atoms with van der Waals surface area (Å²) in [6, 6.07) is 4.45. The van der Waals surface area contributed by atoms with Crippen molar-refractivity contribution in [2.45, 2.75) is 26.1 Å². The predicted octanol–water partition coefficient (Wildman–Crippen LogP) is 3.25. The third-order valence-electron chi connectivity index (χ3n) is 2.52. The number of hydrogen-bond acceptors (Lipinski definition) is 2. The average molecular weight is 271 g/mol. The van der Waals surface area contributed by atoms with Crippen LogP contribution in [-0.2, 0) is 11.1 Å². The largest absolute Gasteiger partial charge is 0.504 e. The summed E-state index contributed by atoms with van der Waals surface area (Å²) in [4.78, 5) is 11.4. The summed E-state index contributed by atoms with van der Waals surface area (Å²) in [5, 5.41) is 6.37. The number of benzene rings is 1. The minimum Gasteiger partial charge on any atom is -0.326 e. The number of nitrogens with one attached hydrogen (secondary N) is 1. The van der Waals surface area contributed by atoms with Crippen LogP contribution in [0.15, 0.2) is 24.4 Å². The molecule has 0 saturated heterocycles. The molecule has 4 nitrogen and oxygen atoms in total. The van der Waals surface area contributed by atoms with Gasteiger partial charge in [0.05, 0.1) is 5.52 Å². The van der Waals surface area contributed by atoms with Gasteiger partial charge in [-0.15, -0.1) is 13.2 Å². The Morgan fingerprint density at radius 1 is 1.42 bits per heavy atom. The summed E-state index contributed by atoms with van der Waals surface area (Å²) in [6.07, 6.45) is -2.56. The molecule has 1 N–H and O–H groups in total. The highest BCUT2D eigenvalue weighted by Crippen LogP contribution is 2.25. The molecule has 0 unspecified atom stereocenters. The van der Waals surface area contributed by atoms with Crippen molar-refractivity contribution in [2.75, 3.05) is 5.32 Å². The molecule has 7 heteroatoms. The van der Waals surface area contributed by atoms with Crippen molar-refractivity contribution in [3.05, 3.63) is 24.4 Å². The van der Waals surface area contributed by atoms with Crippen LogP contribution in [0.5, 0.6) is 0 Å². The standard InChI is InChI=1S/C12H12F3N3O/c1-2-3-11(19)16-9-4-5-10-8(6-9)7-18(17-10)12(13,14)15/h4-7H,2-3H2,1H3,(H,16,19). The third-order valence-corrected chi connectivity index (χ3v) is 2.52. The van der Waals surface area contributed by atoms with E-state index >= 15 is 0 Å². The highest BCUT2D eigenvalue weighted by atomic mass is 19.4. The number of alkyl halides is 3. The van der Waals surface area contributed by atoms with E-state index in [9.17, 15) is 18.0 Å². The van der Waals surface area contributed by atoms with E-state index in [0.717, 1.165) is 6.20 Å². The first-order valence-electron chi connectivity index (χ1n) is 5.76. The molecule has 0 saturated carbocycles. The van der Waals surface area contributed by atoms with Gasteiger partial charge in [-0.25, -0.2) is 0 Å². The molecule has 0 bridgehead atoms. The lowest BCUT2D eigenvalue weighted by Gasteiger charge is -2.03. The van der Waals surface area contributed by atoms with Gasteiger partial charge in [0.15, 0.2) is 0 Å². The number of nitrogens with zero attached hydrogens (tertiary/aromatic N) is 2. The van der Waals surface area contributed by atoms with E-state index in [1.54, 1.807) is 0 Å². The zero-order valence-electron chi connectivity index (χ0n) is 10.2. The molecule has 0 aliphatic carbocycles. The Morgan fingerprint density at radius 2 is 2.16 bits per heavy atom. The first-order chi connectivity index (χ1) is 8.90. The van der Waals surface area contributed by atoms with E-state index in [1.165, 1.54) is 18.2 Å². The molecule has 19 heavy (non-hydrogen) atoms. The van der Waals surface area contributed by atoms with Crippen molar-refractivity contribution in [2.24, 2.45) is 0 Å². The van der Waals surface area contributed by atoms with E-state index < -0.39 is 6.30 Å². The van der Waals surface area contributed by atoms with Crippen LogP contribution in [0.1, 0.15) is 19.8 Å². The lowest BCUT2D eigenvalue weighted by molar-refractivity contribution is -0.211. The Hall–Kier alpha value is -2.05. The molecular formula is C12H12F3N3O. The summed E-state index contributed by atoms with van der Waals surface area (Å²) in [5.41, 5.74) is 0.693. The number of carbonyl (C=O) groups excluding carboxylic acids is 1. The number of rotatable bonds is 3. The fourth-order valence-electron chi connectivity index (χ4n) is 1.68. The summed E-state index contributed by atoms with van der Waals surface area (Å²) >= 11 is 0. The first kappa shape index (κ1) is 13.4. The van der Waals surface area contributed by atoms with Gasteiger partial charge >= 0.3 is 6.30 Å². The SMILES string of the molecule is CCCC(=O)Nc1ccc2nn(C(F)(F)F)cc2c1. The van der Waals surface area contributed by atoms with E-state index in [2.05, 4.69) is 10.4 Å². The van der Waals surface area contributed by atoms with Crippen molar-refractivity contribution in [1.29, 1.82) is 0 Å². The summed E-state index contributed by atoms with van der Waals surface area (Å²) in [7, 11) is 0. The monoisotopic (exact) mass is 271 g/mol. The van der Waals surface area contributed by atoms with Crippen molar-refractivity contribution < 1.29 is 18.0 Å². The predicted molar refractivity (Wildman–Crippen MR) is 64.6 cm³/mol. The molecule has 2 rings (SSSR count). The van der Waals surface area contributed by atoms with Crippen LogP contribution in [0.2, 0.25) is 0 Å². The maximum atomic E-state index is 12.5. The van der Waals surface area contributed by atoms with Crippen molar-refractivity contribution in [3.8, 4) is 0 Å². The minimum atomic E-state index is -4.54. The highest BCUT2D eigenvalue weighted by molar-refractivity contribution is 5.93. The Bertz CT molecular complexity index is 604.